The van der Waals surface area contributed by atoms with Crippen LogP contribution in [0.15, 0.2) is 180 Å². The Morgan fingerprint density at radius 1 is 0.432 bits per heavy atom. The number of anilines is 3. The van der Waals surface area contributed by atoms with Gasteiger partial charge in [0.05, 0.1) is 0 Å². The second kappa shape index (κ2) is 12.6. The molecule has 0 N–H and O–H groups in total. The molecule has 210 valence electrons. The van der Waals surface area contributed by atoms with E-state index in [0.717, 1.165) is 27.1 Å². The average Bonchev–Trinajstić information content (AvgIpc) is 3.09. The maximum absolute atomic E-state index is 3.61. The highest BCUT2D eigenvalue weighted by Crippen LogP contribution is 2.36. The van der Waals surface area contributed by atoms with Crippen molar-refractivity contribution in [3.63, 3.8) is 0 Å². The molecule has 0 radical (unpaired) electrons. The summed E-state index contributed by atoms with van der Waals surface area (Å²) in [6.07, 6.45) is 2.31. The minimum Gasteiger partial charge on any atom is -0.311 e. The van der Waals surface area contributed by atoms with E-state index in [1.165, 1.54) is 38.6 Å². The van der Waals surface area contributed by atoms with Crippen LogP contribution in [0.5, 0.6) is 0 Å². The standard InChI is InChI=1S/C42H30BrN/c43-38-24-21-35-27-31(19-20-36(35)30-38)28-42(37-14-10-13-34(29-37)32-11-4-1-5-12-32)33-22-25-41(26-23-33)44(39-15-6-2-7-16-39)40-17-8-3-9-18-40/h1-30H. The van der Waals surface area contributed by atoms with Gasteiger partial charge in [0.2, 0.25) is 0 Å². The molecule has 0 spiro atoms. The number of benzene rings is 7. The number of rotatable bonds is 7. The SMILES string of the molecule is Brc1ccc2cc(C=C(c3ccc(N(c4ccccc4)c4ccccc4)cc3)c3cccc(-c4ccccc4)c3)ccc2c1. The Bertz CT molecular complexity index is 2010. The molecule has 0 saturated carbocycles. The van der Waals surface area contributed by atoms with Crippen LogP contribution in [-0.2, 0) is 0 Å². The molecule has 44 heavy (non-hydrogen) atoms. The van der Waals surface area contributed by atoms with Crippen LogP contribution < -0.4 is 4.90 Å². The quantitative estimate of drug-likeness (QED) is 0.159. The van der Waals surface area contributed by atoms with Crippen LogP contribution in [0.1, 0.15) is 16.7 Å². The average molecular weight is 629 g/mol. The summed E-state index contributed by atoms with van der Waals surface area (Å²) in [4.78, 5) is 2.30. The highest BCUT2D eigenvalue weighted by atomic mass is 79.9. The molecule has 7 aromatic carbocycles. The summed E-state index contributed by atoms with van der Waals surface area (Å²) >= 11 is 3.61. The number of halogens is 1. The molecule has 7 aromatic rings. The van der Waals surface area contributed by atoms with Gasteiger partial charge in [-0.1, -0.05) is 131 Å². The molecule has 2 heteroatoms. The lowest BCUT2D eigenvalue weighted by molar-refractivity contribution is 1.28. The zero-order valence-corrected chi connectivity index (χ0v) is 25.7. The minimum atomic E-state index is 1.09. The summed E-state index contributed by atoms with van der Waals surface area (Å²) in [6.45, 7) is 0. The van der Waals surface area contributed by atoms with E-state index in [1.54, 1.807) is 0 Å². The third kappa shape index (κ3) is 5.99. The number of hydrogen-bond donors (Lipinski definition) is 0. The van der Waals surface area contributed by atoms with Crippen molar-refractivity contribution in [1.82, 2.24) is 0 Å². The van der Waals surface area contributed by atoms with Gasteiger partial charge >= 0.3 is 0 Å². The van der Waals surface area contributed by atoms with Crippen molar-refractivity contribution in [2.75, 3.05) is 4.90 Å². The van der Waals surface area contributed by atoms with E-state index in [-0.39, 0.29) is 0 Å². The Hall–Kier alpha value is -5.18. The number of nitrogens with zero attached hydrogens (tertiary/aromatic N) is 1. The molecule has 0 amide bonds. The Morgan fingerprint density at radius 2 is 1.00 bits per heavy atom. The molecule has 1 nitrogen and oxygen atoms in total. The number of para-hydroxylation sites is 2. The molecule has 7 rings (SSSR count). The summed E-state index contributed by atoms with van der Waals surface area (Å²) in [6, 6.07) is 62.5. The largest absolute Gasteiger partial charge is 0.311 e. The predicted octanol–water partition coefficient (Wildman–Crippen LogP) is 12.3. The summed E-state index contributed by atoms with van der Waals surface area (Å²) in [5, 5.41) is 2.44. The number of hydrogen-bond acceptors (Lipinski definition) is 1. The molecule has 0 atom stereocenters. The first kappa shape index (κ1) is 27.6. The first-order valence-corrected chi connectivity index (χ1v) is 15.6. The van der Waals surface area contributed by atoms with Gasteiger partial charge in [-0.05, 0) is 111 Å². The molecular weight excluding hydrogens is 598 g/mol. The molecular formula is C42H30BrN. The van der Waals surface area contributed by atoms with Crippen LogP contribution >= 0.6 is 15.9 Å². The molecule has 0 heterocycles. The molecule has 0 bridgehead atoms. The lowest BCUT2D eigenvalue weighted by Gasteiger charge is -2.25. The molecule has 0 aromatic heterocycles. The predicted molar refractivity (Wildman–Crippen MR) is 192 cm³/mol. The van der Waals surface area contributed by atoms with Gasteiger partial charge in [0.1, 0.15) is 0 Å². The van der Waals surface area contributed by atoms with Crippen molar-refractivity contribution >= 4 is 55.4 Å². The first-order valence-electron chi connectivity index (χ1n) is 14.8. The van der Waals surface area contributed by atoms with Gasteiger partial charge in [0.25, 0.3) is 0 Å². The number of fused-ring (bicyclic) bond motifs is 1. The molecule has 0 aliphatic rings. The van der Waals surface area contributed by atoms with Crippen LogP contribution in [-0.4, -0.2) is 0 Å². The van der Waals surface area contributed by atoms with E-state index in [0.29, 0.717) is 0 Å². The minimum absolute atomic E-state index is 1.09. The van der Waals surface area contributed by atoms with Crippen LogP contribution in [0, 0.1) is 0 Å². The Balaban J connectivity index is 1.34. The zero-order valence-electron chi connectivity index (χ0n) is 24.1. The van der Waals surface area contributed by atoms with Crippen LogP contribution in [0.3, 0.4) is 0 Å². The maximum Gasteiger partial charge on any atom is 0.0462 e. The fraction of sp³-hybridized carbons (Fsp3) is 0. The fourth-order valence-corrected chi connectivity index (χ4v) is 6.09. The lowest BCUT2D eigenvalue weighted by Crippen LogP contribution is -2.09. The van der Waals surface area contributed by atoms with Crippen molar-refractivity contribution in [1.29, 1.82) is 0 Å². The van der Waals surface area contributed by atoms with Crippen LogP contribution in [0.2, 0.25) is 0 Å². The zero-order chi connectivity index (χ0) is 29.7. The molecule has 0 fully saturated rings. The smallest absolute Gasteiger partial charge is 0.0462 e. The van der Waals surface area contributed by atoms with Gasteiger partial charge in [0, 0.05) is 21.5 Å². The van der Waals surface area contributed by atoms with E-state index in [2.05, 4.69) is 203 Å². The van der Waals surface area contributed by atoms with E-state index >= 15 is 0 Å². The maximum atomic E-state index is 3.61. The summed E-state index contributed by atoms with van der Waals surface area (Å²) in [7, 11) is 0. The normalized spacial score (nSPS) is 11.4. The van der Waals surface area contributed by atoms with Crippen molar-refractivity contribution < 1.29 is 0 Å². The van der Waals surface area contributed by atoms with Crippen molar-refractivity contribution in [3.05, 3.63) is 197 Å². The van der Waals surface area contributed by atoms with Gasteiger partial charge in [-0.3, -0.25) is 0 Å². The Morgan fingerprint density at radius 3 is 1.68 bits per heavy atom. The molecule has 0 aliphatic heterocycles. The monoisotopic (exact) mass is 627 g/mol. The van der Waals surface area contributed by atoms with Gasteiger partial charge in [-0.2, -0.15) is 0 Å². The molecule has 0 unspecified atom stereocenters. The van der Waals surface area contributed by atoms with Gasteiger partial charge in [-0.25, -0.2) is 0 Å². The third-order valence-corrected chi connectivity index (χ3v) is 8.38. The summed E-state index contributed by atoms with van der Waals surface area (Å²) < 4.78 is 1.09. The van der Waals surface area contributed by atoms with Gasteiger partial charge in [0.15, 0.2) is 0 Å². The van der Waals surface area contributed by atoms with E-state index in [4.69, 9.17) is 0 Å². The van der Waals surface area contributed by atoms with Gasteiger partial charge < -0.3 is 4.90 Å². The second-order valence-electron chi connectivity index (χ2n) is 10.8. The first-order chi connectivity index (χ1) is 21.7. The van der Waals surface area contributed by atoms with Crippen LogP contribution in [0.25, 0.3) is 33.5 Å². The van der Waals surface area contributed by atoms with E-state index < -0.39 is 0 Å². The highest BCUT2D eigenvalue weighted by Gasteiger charge is 2.14. The highest BCUT2D eigenvalue weighted by molar-refractivity contribution is 9.10. The van der Waals surface area contributed by atoms with Crippen LogP contribution in [0.4, 0.5) is 17.1 Å². The van der Waals surface area contributed by atoms with Crippen molar-refractivity contribution in [2.24, 2.45) is 0 Å². The van der Waals surface area contributed by atoms with Crippen molar-refractivity contribution in [2.45, 2.75) is 0 Å². The topological polar surface area (TPSA) is 3.24 Å². The summed E-state index contributed by atoms with van der Waals surface area (Å²) in [5.41, 5.74) is 10.5. The van der Waals surface area contributed by atoms with E-state index in [9.17, 15) is 0 Å². The van der Waals surface area contributed by atoms with Crippen molar-refractivity contribution in [3.8, 4) is 11.1 Å². The Kier molecular flexibility index (Phi) is 7.91. The lowest BCUT2D eigenvalue weighted by atomic mass is 9.92. The third-order valence-electron chi connectivity index (χ3n) is 7.88. The molecule has 0 aliphatic carbocycles. The fourth-order valence-electron chi connectivity index (χ4n) is 5.71. The van der Waals surface area contributed by atoms with Gasteiger partial charge in [-0.15, -0.1) is 0 Å². The molecule has 0 saturated heterocycles. The summed E-state index contributed by atoms with van der Waals surface area (Å²) in [5.74, 6) is 0. The second-order valence-corrected chi connectivity index (χ2v) is 11.7. The Labute approximate surface area is 267 Å². The van der Waals surface area contributed by atoms with E-state index in [1.807, 2.05) is 0 Å².